The van der Waals surface area contributed by atoms with Crippen LogP contribution in [0.2, 0.25) is 0 Å². The molecule has 0 fully saturated rings. The Morgan fingerprint density at radius 1 is 1.33 bits per heavy atom. The normalized spacial score (nSPS) is 23.9. The summed E-state index contributed by atoms with van der Waals surface area (Å²) in [6.45, 7) is 4.48. The largest absolute Gasteiger partial charge is 0.284 e. The average molecular weight is 222 g/mol. The summed E-state index contributed by atoms with van der Waals surface area (Å²) in [5, 5.41) is 0. The van der Waals surface area contributed by atoms with Crippen molar-refractivity contribution in [3.8, 4) is 0 Å². The highest BCUT2D eigenvalue weighted by atomic mass is 35.5. The maximum Gasteiger partial charge on any atom is 0.0647 e. The lowest BCUT2D eigenvalue weighted by molar-refractivity contribution is 0.478. The summed E-state index contributed by atoms with van der Waals surface area (Å²) in [6, 6.07) is 10.7. The standard InChI is InChI=1S/C13H16ClN/c1-13(2)8-11(9-14)15-12(13)10-6-4-3-5-7-10/h3-7,11H,8-9H2,1-2H3. The summed E-state index contributed by atoms with van der Waals surface area (Å²) in [5.74, 6) is 0.625. The minimum atomic E-state index is 0.154. The summed E-state index contributed by atoms with van der Waals surface area (Å²) >= 11 is 5.88. The molecule has 0 N–H and O–H groups in total. The molecule has 1 aromatic carbocycles. The minimum Gasteiger partial charge on any atom is -0.284 e. The van der Waals surface area contributed by atoms with E-state index in [2.05, 4.69) is 38.1 Å². The lowest BCUT2D eigenvalue weighted by Gasteiger charge is -2.20. The maximum absolute atomic E-state index is 5.88. The van der Waals surface area contributed by atoms with Crippen molar-refractivity contribution in [1.82, 2.24) is 0 Å². The van der Waals surface area contributed by atoms with Crippen molar-refractivity contribution in [3.63, 3.8) is 0 Å². The van der Waals surface area contributed by atoms with Gasteiger partial charge in [-0.2, -0.15) is 0 Å². The lowest BCUT2D eigenvalue weighted by atomic mass is 9.82. The number of rotatable bonds is 2. The van der Waals surface area contributed by atoms with E-state index < -0.39 is 0 Å². The van der Waals surface area contributed by atoms with Gasteiger partial charge in [-0.25, -0.2) is 0 Å². The smallest absolute Gasteiger partial charge is 0.0647 e. The molecule has 80 valence electrons. The van der Waals surface area contributed by atoms with Gasteiger partial charge in [0.2, 0.25) is 0 Å². The first kappa shape index (κ1) is 10.7. The Kier molecular flexibility index (Phi) is 2.83. The van der Waals surface area contributed by atoms with E-state index >= 15 is 0 Å². The molecule has 1 heterocycles. The van der Waals surface area contributed by atoms with Gasteiger partial charge in [-0.05, 0) is 12.0 Å². The summed E-state index contributed by atoms with van der Waals surface area (Å²) in [7, 11) is 0. The Morgan fingerprint density at radius 2 is 2.00 bits per heavy atom. The van der Waals surface area contributed by atoms with Crippen molar-refractivity contribution < 1.29 is 0 Å². The fourth-order valence-corrected chi connectivity index (χ4v) is 2.42. The zero-order valence-corrected chi connectivity index (χ0v) is 9.96. The summed E-state index contributed by atoms with van der Waals surface area (Å²) in [6.07, 6.45) is 1.06. The zero-order valence-electron chi connectivity index (χ0n) is 9.20. The van der Waals surface area contributed by atoms with Gasteiger partial charge >= 0.3 is 0 Å². The van der Waals surface area contributed by atoms with Gasteiger partial charge in [0.15, 0.2) is 0 Å². The first-order chi connectivity index (χ1) is 7.13. The van der Waals surface area contributed by atoms with Crippen LogP contribution >= 0.6 is 11.6 Å². The van der Waals surface area contributed by atoms with Crippen LogP contribution in [0.4, 0.5) is 0 Å². The number of benzene rings is 1. The number of hydrogen-bond donors (Lipinski definition) is 0. The van der Waals surface area contributed by atoms with Crippen LogP contribution in [-0.2, 0) is 0 Å². The molecule has 1 aliphatic heterocycles. The maximum atomic E-state index is 5.88. The number of halogens is 1. The second-order valence-corrected chi connectivity index (χ2v) is 5.05. The van der Waals surface area contributed by atoms with E-state index in [-0.39, 0.29) is 11.5 Å². The van der Waals surface area contributed by atoms with Crippen molar-refractivity contribution in [2.24, 2.45) is 10.4 Å². The zero-order chi connectivity index (χ0) is 10.9. The summed E-state index contributed by atoms with van der Waals surface area (Å²) in [4.78, 5) is 4.71. The molecule has 1 aromatic rings. The van der Waals surface area contributed by atoms with E-state index in [1.165, 1.54) is 11.3 Å². The molecule has 0 saturated carbocycles. The molecule has 1 atom stereocenters. The molecule has 0 amide bonds. The monoisotopic (exact) mass is 221 g/mol. The van der Waals surface area contributed by atoms with E-state index in [4.69, 9.17) is 16.6 Å². The fourth-order valence-electron chi connectivity index (χ4n) is 2.24. The molecule has 0 aliphatic carbocycles. The highest BCUT2D eigenvalue weighted by Crippen LogP contribution is 2.35. The molecular weight excluding hydrogens is 206 g/mol. The first-order valence-corrected chi connectivity index (χ1v) is 5.86. The van der Waals surface area contributed by atoms with Gasteiger partial charge in [-0.3, -0.25) is 4.99 Å². The number of nitrogens with zero attached hydrogens (tertiary/aromatic N) is 1. The molecule has 1 aliphatic rings. The molecule has 0 radical (unpaired) electrons. The SMILES string of the molecule is CC1(C)CC(CCl)N=C1c1ccccc1. The van der Waals surface area contributed by atoms with Crippen LogP contribution in [0, 0.1) is 5.41 Å². The van der Waals surface area contributed by atoms with Crippen molar-refractivity contribution in [3.05, 3.63) is 35.9 Å². The number of alkyl halides is 1. The topological polar surface area (TPSA) is 12.4 Å². The molecular formula is C13H16ClN. The molecule has 0 aromatic heterocycles. The van der Waals surface area contributed by atoms with Crippen LogP contribution in [0.5, 0.6) is 0 Å². The van der Waals surface area contributed by atoms with E-state index in [0.717, 1.165) is 6.42 Å². The molecule has 0 spiro atoms. The van der Waals surface area contributed by atoms with E-state index in [1.54, 1.807) is 0 Å². The third kappa shape index (κ3) is 2.07. The highest BCUT2D eigenvalue weighted by Gasteiger charge is 2.35. The van der Waals surface area contributed by atoms with Crippen LogP contribution in [0.25, 0.3) is 0 Å². The molecule has 1 unspecified atom stereocenters. The van der Waals surface area contributed by atoms with Gasteiger partial charge < -0.3 is 0 Å². The second-order valence-electron chi connectivity index (χ2n) is 4.74. The average Bonchev–Trinajstić information content (AvgIpc) is 2.55. The van der Waals surface area contributed by atoms with Crippen molar-refractivity contribution in [2.45, 2.75) is 26.3 Å². The van der Waals surface area contributed by atoms with Crippen LogP contribution in [0.1, 0.15) is 25.8 Å². The van der Waals surface area contributed by atoms with Crippen LogP contribution in [0.3, 0.4) is 0 Å². The second kappa shape index (κ2) is 3.97. The quantitative estimate of drug-likeness (QED) is 0.678. The van der Waals surface area contributed by atoms with Crippen molar-refractivity contribution in [2.75, 3.05) is 5.88 Å². The summed E-state index contributed by atoms with van der Waals surface area (Å²) < 4.78 is 0. The Morgan fingerprint density at radius 3 is 2.53 bits per heavy atom. The van der Waals surface area contributed by atoms with Crippen LogP contribution in [-0.4, -0.2) is 17.6 Å². The van der Waals surface area contributed by atoms with Gasteiger partial charge in [0.25, 0.3) is 0 Å². The Hall–Kier alpha value is -0.820. The van der Waals surface area contributed by atoms with Crippen molar-refractivity contribution >= 4 is 17.3 Å². The lowest BCUT2D eigenvalue weighted by Crippen LogP contribution is -2.21. The molecule has 0 bridgehead atoms. The van der Waals surface area contributed by atoms with Gasteiger partial charge in [0, 0.05) is 17.0 Å². The fraction of sp³-hybridized carbons (Fsp3) is 0.462. The molecule has 15 heavy (non-hydrogen) atoms. The third-order valence-electron chi connectivity index (χ3n) is 2.92. The molecule has 2 heteroatoms. The van der Waals surface area contributed by atoms with Crippen LogP contribution in [0.15, 0.2) is 35.3 Å². The Labute approximate surface area is 96.2 Å². The molecule has 0 saturated heterocycles. The molecule has 1 nitrogen and oxygen atoms in total. The van der Waals surface area contributed by atoms with Crippen LogP contribution < -0.4 is 0 Å². The van der Waals surface area contributed by atoms with E-state index in [1.807, 2.05) is 6.07 Å². The van der Waals surface area contributed by atoms with Crippen molar-refractivity contribution in [1.29, 1.82) is 0 Å². The highest BCUT2D eigenvalue weighted by molar-refractivity contribution is 6.18. The van der Waals surface area contributed by atoms with E-state index in [0.29, 0.717) is 5.88 Å². The van der Waals surface area contributed by atoms with Gasteiger partial charge in [-0.1, -0.05) is 44.2 Å². The third-order valence-corrected chi connectivity index (χ3v) is 3.28. The Balaban J connectivity index is 2.36. The summed E-state index contributed by atoms with van der Waals surface area (Å²) in [5.41, 5.74) is 2.59. The Bertz CT molecular complexity index is 367. The van der Waals surface area contributed by atoms with Gasteiger partial charge in [0.1, 0.15) is 0 Å². The predicted octanol–water partition coefficient (Wildman–Crippen LogP) is 3.51. The van der Waals surface area contributed by atoms with Gasteiger partial charge in [0.05, 0.1) is 6.04 Å². The minimum absolute atomic E-state index is 0.154. The predicted molar refractivity (Wildman–Crippen MR) is 65.9 cm³/mol. The molecule has 2 rings (SSSR count). The number of hydrogen-bond acceptors (Lipinski definition) is 1. The van der Waals surface area contributed by atoms with E-state index in [9.17, 15) is 0 Å². The first-order valence-electron chi connectivity index (χ1n) is 5.33. The number of aliphatic imine (C=N–C) groups is 1. The van der Waals surface area contributed by atoms with Gasteiger partial charge in [-0.15, -0.1) is 11.6 Å².